The normalized spacial score (nSPS) is 11.8. The lowest BCUT2D eigenvalue weighted by Crippen LogP contribution is -2.30. The van der Waals surface area contributed by atoms with Crippen molar-refractivity contribution in [3.05, 3.63) is 28.2 Å². The fourth-order valence-electron chi connectivity index (χ4n) is 1.64. The van der Waals surface area contributed by atoms with E-state index >= 15 is 0 Å². The van der Waals surface area contributed by atoms with Crippen molar-refractivity contribution < 1.29 is 14.7 Å². The monoisotopic (exact) mass is 342 g/mol. The van der Waals surface area contributed by atoms with Gasteiger partial charge in [0.15, 0.2) is 0 Å². The van der Waals surface area contributed by atoms with E-state index in [0.29, 0.717) is 19.4 Å². The van der Waals surface area contributed by atoms with Crippen molar-refractivity contribution in [3.8, 4) is 0 Å². The number of amides is 2. The first kappa shape index (κ1) is 16.5. The first-order valence-corrected chi connectivity index (χ1v) is 7.24. The summed E-state index contributed by atoms with van der Waals surface area (Å²) in [4.78, 5) is 22.3. The van der Waals surface area contributed by atoms with Gasteiger partial charge in [0.05, 0.1) is 5.92 Å². The molecule has 1 aromatic rings. The average molecular weight is 343 g/mol. The van der Waals surface area contributed by atoms with Crippen LogP contribution in [-0.4, -0.2) is 23.7 Å². The zero-order chi connectivity index (χ0) is 15.1. The number of hydrogen-bond acceptors (Lipinski definition) is 2. The predicted octanol–water partition coefficient (Wildman–Crippen LogP) is 3.38. The Morgan fingerprint density at radius 1 is 1.40 bits per heavy atom. The van der Waals surface area contributed by atoms with Gasteiger partial charge in [-0.25, -0.2) is 4.79 Å². The van der Waals surface area contributed by atoms with Gasteiger partial charge in [-0.15, -0.1) is 0 Å². The summed E-state index contributed by atoms with van der Waals surface area (Å²) < 4.78 is 0.936. The molecule has 0 radical (unpaired) electrons. The van der Waals surface area contributed by atoms with Gasteiger partial charge in [0.1, 0.15) is 0 Å². The number of carbonyl (C=O) groups excluding carboxylic acids is 1. The van der Waals surface area contributed by atoms with E-state index in [0.717, 1.165) is 15.7 Å². The van der Waals surface area contributed by atoms with Crippen molar-refractivity contribution in [1.29, 1.82) is 0 Å². The minimum atomic E-state index is -0.806. The second-order valence-corrected chi connectivity index (χ2v) is 5.53. The molecule has 20 heavy (non-hydrogen) atoms. The highest BCUT2D eigenvalue weighted by molar-refractivity contribution is 9.10. The Hall–Kier alpha value is -1.56. The molecule has 110 valence electrons. The first-order valence-electron chi connectivity index (χ1n) is 6.44. The maximum Gasteiger partial charge on any atom is 0.319 e. The van der Waals surface area contributed by atoms with E-state index in [2.05, 4.69) is 26.6 Å². The van der Waals surface area contributed by atoms with Crippen LogP contribution in [0.15, 0.2) is 22.7 Å². The van der Waals surface area contributed by atoms with Crippen molar-refractivity contribution in [2.24, 2.45) is 5.92 Å². The molecule has 1 atom stereocenters. The second kappa shape index (κ2) is 7.89. The van der Waals surface area contributed by atoms with Crippen LogP contribution in [0.5, 0.6) is 0 Å². The van der Waals surface area contributed by atoms with Crippen molar-refractivity contribution in [2.75, 3.05) is 11.9 Å². The van der Waals surface area contributed by atoms with E-state index in [-0.39, 0.29) is 11.9 Å². The van der Waals surface area contributed by atoms with Gasteiger partial charge in [0.25, 0.3) is 0 Å². The van der Waals surface area contributed by atoms with Gasteiger partial charge in [0, 0.05) is 16.7 Å². The SMILES string of the molecule is Cc1c(Br)cccc1NC(=O)NCCCC(C)C(=O)O. The number of hydrogen-bond donors (Lipinski definition) is 3. The average Bonchev–Trinajstić information content (AvgIpc) is 2.39. The number of carboxylic acid groups (broad SMARTS) is 1. The lowest BCUT2D eigenvalue weighted by Gasteiger charge is -2.11. The molecule has 1 aromatic carbocycles. The van der Waals surface area contributed by atoms with E-state index in [4.69, 9.17) is 5.11 Å². The molecule has 0 saturated heterocycles. The lowest BCUT2D eigenvalue weighted by molar-refractivity contribution is -0.141. The molecular weight excluding hydrogens is 324 g/mol. The fourth-order valence-corrected chi connectivity index (χ4v) is 2.01. The van der Waals surface area contributed by atoms with Crippen LogP contribution in [0.1, 0.15) is 25.3 Å². The topological polar surface area (TPSA) is 78.4 Å². The van der Waals surface area contributed by atoms with Crippen LogP contribution >= 0.6 is 15.9 Å². The lowest BCUT2D eigenvalue weighted by atomic mass is 10.1. The van der Waals surface area contributed by atoms with Crippen LogP contribution in [0.3, 0.4) is 0 Å². The Kier molecular flexibility index (Phi) is 6.51. The van der Waals surface area contributed by atoms with Crippen LogP contribution in [0, 0.1) is 12.8 Å². The second-order valence-electron chi connectivity index (χ2n) is 4.67. The first-order chi connectivity index (χ1) is 9.41. The summed E-state index contributed by atoms with van der Waals surface area (Å²) in [5.74, 6) is -1.19. The molecule has 0 aliphatic heterocycles. The van der Waals surface area contributed by atoms with Crippen LogP contribution in [-0.2, 0) is 4.79 Å². The van der Waals surface area contributed by atoms with E-state index in [9.17, 15) is 9.59 Å². The number of carbonyl (C=O) groups is 2. The minimum absolute atomic E-state index is 0.283. The highest BCUT2D eigenvalue weighted by Gasteiger charge is 2.10. The van der Waals surface area contributed by atoms with E-state index in [1.807, 2.05) is 25.1 Å². The summed E-state index contributed by atoms with van der Waals surface area (Å²) >= 11 is 3.40. The van der Waals surface area contributed by atoms with Crippen molar-refractivity contribution in [2.45, 2.75) is 26.7 Å². The summed E-state index contributed by atoms with van der Waals surface area (Å²) in [6, 6.07) is 5.30. The van der Waals surface area contributed by atoms with Gasteiger partial charge < -0.3 is 15.7 Å². The molecule has 0 aromatic heterocycles. The Morgan fingerprint density at radius 3 is 2.75 bits per heavy atom. The van der Waals surface area contributed by atoms with Crippen molar-refractivity contribution >= 4 is 33.6 Å². The number of nitrogens with one attached hydrogen (secondary N) is 2. The number of halogens is 1. The van der Waals surface area contributed by atoms with E-state index in [1.165, 1.54) is 0 Å². The predicted molar refractivity (Wildman–Crippen MR) is 81.9 cm³/mol. The molecule has 2 amide bonds. The van der Waals surface area contributed by atoms with Crippen LogP contribution < -0.4 is 10.6 Å². The number of anilines is 1. The van der Waals surface area contributed by atoms with Crippen LogP contribution in [0.2, 0.25) is 0 Å². The summed E-state index contributed by atoms with van der Waals surface area (Å²) in [6.07, 6.45) is 1.18. The molecule has 0 saturated carbocycles. The highest BCUT2D eigenvalue weighted by atomic mass is 79.9. The Balaban J connectivity index is 2.34. The summed E-state index contributed by atoms with van der Waals surface area (Å²) in [7, 11) is 0. The van der Waals surface area contributed by atoms with Gasteiger partial charge in [-0.05, 0) is 37.5 Å². The van der Waals surface area contributed by atoms with Gasteiger partial charge >= 0.3 is 12.0 Å². The quantitative estimate of drug-likeness (QED) is 0.693. The molecule has 1 rings (SSSR count). The van der Waals surface area contributed by atoms with Crippen LogP contribution in [0.4, 0.5) is 10.5 Å². The summed E-state index contributed by atoms with van der Waals surface area (Å²) in [5.41, 5.74) is 1.71. The Morgan fingerprint density at radius 2 is 2.10 bits per heavy atom. The number of rotatable bonds is 6. The maximum atomic E-state index is 11.7. The third kappa shape index (κ3) is 5.21. The molecule has 5 nitrogen and oxygen atoms in total. The highest BCUT2D eigenvalue weighted by Crippen LogP contribution is 2.23. The Labute approximate surface area is 126 Å². The molecule has 0 heterocycles. The maximum absolute atomic E-state index is 11.7. The zero-order valence-electron chi connectivity index (χ0n) is 11.6. The summed E-state index contributed by atoms with van der Waals surface area (Å²) in [5, 5.41) is 14.2. The molecule has 0 bridgehead atoms. The zero-order valence-corrected chi connectivity index (χ0v) is 13.2. The Bertz CT molecular complexity index is 491. The third-order valence-electron chi connectivity index (χ3n) is 3.04. The molecule has 0 aliphatic rings. The smallest absolute Gasteiger partial charge is 0.319 e. The minimum Gasteiger partial charge on any atom is -0.481 e. The molecule has 0 aliphatic carbocycles. The molecule has 0 fully saturated rings. The van der Waals surface area contributed by atoms with Gasteiger partial charge in [-0.2, -0.15) is 0 Å². The van der Waals surface area contributed by atoms with Crippen molar-refractivity contribution in [3.63, 3.8) is 0 Å². The fraction of sp³-hybridized carbons (Fsp3) is 0.429. The number of carboxylic acids is 1. The van der Waals surface area contributed by atoms with Gasteiger partial charge in [-0.3, -0.25) is 4.79 Å². The number of aliphatic carboxylic acids is 1. The standard InChI is InChI=1S/C14H19BrN2O3/c1-9(13(18)19)5-4-8-16-14(20)17-12-7-3-6-11(15)10(12)2/h3,6-7,9H,4-5,8H2,1-2H3,(H,18,19)(H2,16,17,20). The third-order valence-corrected chi connectivity index (χ3v) is 3.90. The van der Waals surface area contributed by atoms with E-state index in [1.54, 1.807) is 6.92 Å². The largest absolute Gasteiger partial charge is 0.481 e. The van der Waals surface area contributed by atoms with Gasteiger partial charge in [0.2, 0.25) is 0 Å². The molecular formula is C14H19BrN2O3. The number of urea groups is 1. The molecule has 1 unspecified atom stereocenters. The van der Waals surface area contributed by atoms with E-state index < -0.39 is 5.97 Å². The summed E-state index contributed by atoms with van der Waals surface area (Å²) in [6.45, 7) is 4.03. The van der Waals surface area contributed by atoms with Crippen molar-refractivity contribution in [1.82, 2.24) is 5.32 Å². The molecule has 6 heteroatoms. The van der Waals surface area contributed by atoms with Crippen LogP contribution in [0.25, 0.3) is 0 Å². The molecule has 0 spiro atoms. The number of benzene rings is 1. The molecule has 3 N–H and O–H groups in total. The van der Waals surface area contributed by atoms with Gasteiger partial charge in [-0.1, -0.05) is 28.9 Å².